The molecule has 0 aromatic carbocycles. The Kier molecular flexibility index (Phi) is 6.47. The van der Waals surface area contributed by atoms with Gasteiger partial charge in [-0.1, -0.05) is 0 Å². The van der Waals surface area contributed by atoms with Crippen LogP contribution >= 0.6 is 19.2 Å². The average Bonchev–Trinajstić information content (AvgIpc) is 3.20. The number of carbonyl (C=O) groups excluding carboxylic acids is 1. The van der Waals surface area contributed by atoms with Crippen molar-refractivity contribution in [3.05, 3.63) is 11.6 Å². The van der Waals surface area contributed by atoms with Gasteiger partial charge in [0.2, 0.25) is 5.28 Å². The van der Waals surface area contributed by atoms with Gasteiger partial charge in [0.1, 0.15) is 6.23 Å². The van der Waals surface area contributed by atoms with Crippen molar-refractivity contribution in [2.75, 3.05) is 18.5 Å². The number of nitrogens with one attached hydrogen (secondary N) is 1. The largest absolute Gasteiger partial charge is 0.464 e. The first-order valence-corrected chi connectivity index (χ1v) is 12.0. The van der Waals surface area contributed by atoms with E-state index in [1.54, 1.807) is 10.9 Å². The zero-order valence-corrected chi connectivity index (χ0v) is 18.3. The van der Waals surface area contributed by atoms with Crippen LogP contribution in [0.4, 0.5) is 5.82 Å². The molecule has 0 bridgehead atoms. The Morgan fingerprint density at radius 3 is 2.84 bits per heavy atom. The third-order valence-electron chi connectivity index (χ3n) is 4.94. The quantitative estimate of drug-likeness (QED) is 0.276. The smallest absolute Gasteiger partial charge is 0.365 e. The molecular weight excluding hydrogens is 453 g/mol. The van der Waals surface area contributed by atoms with Gasteiger partial charge in [0.25, 0.3) is 5.85 Å². The molecule has 1 saturated carbocycles. The number of rotatable bonds is 9. The van der Waals surface area contributed by atoms with Gasteiger partial charge in [-0.25, -0.2) is 9.78 Å². The highest BCUT2D eigenvalue weighted by atomic mass is 35.5. The fourth-order valence-corrected chi connectivity index (χ4v) is 4.14. The third kappa shape index (κ3) is 5.16. The van der Waals surface area contributed by atoms with E-state index in [-0.39, 0.29) is 18.5 Å². The highest BCUT2D eigenvalue weighted by molar-refractivity contribution is 7.53. The van der Waals surface area contributed by atoms with Crippen molar-refractivity contribution in [1.29, 1.82) is 0 Å². The Hall–Kier alpha value is -1.82. The van der Waals surface area contributed by atoms with Crippen LogP contribution in [0.1, 0.15) is 38.8 Å². The zero-order chi connectivity index (χ0) is 22.2. The molecule has 2 aromatic heterocycles. The predicted molar refractivity (Wildman–Crippen MR) is 109 cm³/mol. The molecule has 170 valence electrons. The Labute approximate surface area is 182 Å². The molecule has 1 aliphatic carbocycles. The summed E-state index contributed by atoms with van der Waals surface area (Å²) in [4.78, 5) is 43.5. The van der Waals surface area contributed by atoms with Crippen LogP contribution in [0.25, 0.3) is 11.2 Å². The molecule has 1 saturated heterocycles. The van der Waals surface area contributed by atoms with Gasteiger partial charge in [-0.2, -0.15) is 9.97 Å². The minimum absolute atomic E-state index is 0.0175. The molecule has 12 nitrogen and oxygen atoms in total. The minimum Gasteiger partial charge on any atom is -0.464 e. The van der Waals surface area contributed by atoms with E-state index < -0.39 is 31.7 Å². The molecule has 4 rings (SSSR count). The van der Waals surface area contributed by atoms with Gasteiger partial charge < -0.3 is 29.3 Å². The number of nitrogens with zero attached hydrogens (tertiary/aromatic N) is 4. The van der Waals surface area contributed by atoms with Gasteiger partial charge in [0.05, 0.1) is 25.6 Å². The molecule has 3 N–H and O–H groups in total. The van der Waals surface area contributed by atoms with E-state index in [0.717, 1.165) is 12.8 Å². The molecule has 1 aliphatic heterocycles. The zero-order valence-electron chi connectivity index (χ0n) is 16.7. The molecule has 31 heavy (non-hydrogen) atoms. The molecule has 3 atom stereocenters. The van der Waals surface area contributed by atoms with Crippen LogP contribution in [0.2, 0.25) is 5.28 Å². The number of esters is 1. The van der Waals surface area contributed by atoms with Crippen molar-refractivity contribution in [3.63, 3.8) is 0 Å². The predicted octanol–water partition coefficient (Wildman–Crippen LogP) is 1.82. The van der Waals surface area contributed by atoms with Crippen molar-refractivity contribution in [2.24, 2.45) is 0 Å². The molecule has 3 heterocycles. The van der Waals surface area contributed by atoms with Crippen LogP contribution in [0.15, 0.2) is 6.33 Å². The summed E-state index contributed by atoms with van der Waals surface area (Å²) in [5.41, 5.74) is 1.11. The molecule has 0 spiro atoms. The molecule has 2 fully saturated rings. The van der Waals surface area contributed by atoms with Crippen molar-refractivity contribution in [1.82, 2.24) is 19.5 Å². The van der Waals surface area contributed by atoms with Gasteiger partial charge in [0, 0.05) is 6.04 Å². The number of hydrogen-bond donors (Lipinski definition) is 3. The Morgan fingerprint density at radius 1 is 1.39 bits per heavy atom. The Morgan fingerprint density at radius 2 is 2.16 bits per heavy atom. The second-order valence-electron chi connectivity index (χ2n) is 7.40. The molecule has 0 unspecified atom stereocenters. The molecule has 2 aliphatic rings. The molecule has 0 radical (unpaired) electrons. The van der Waals surface area contributed by atoms with Crippen LogP contribution in [0.5, 0.6) is 0 Å². The second kappa shape index (κ2) is 8.97. The van der Waals surface area contributed by atoms with Crippen molar-refractivity contribution in [2.45, 2.75) is 56.8 Å². The lowest BCUT2D eigenvalue weighted by Gasteiger charge is -2.20. The lowest BCUT2D eigenvalue weighted by Crippen LogP contribution is -2.30. The van der Waals surface area contributed by atoms with Gasteiger partial charge in [-0.05, 0) is 44.2 Å². The number of carbonyl (C=O) groups is 1. The van der Waals surface area contributed by atoms with E-state index in [9.17, 15) is 19.1 Å². The molecule has 14 heteroatoms. The van der Waals surface area contributed by atoms with E-state index in [1.165, 1.54) is 6.92 Å². The topological polar surface area (TPSA) is 158 Å². The first kappa shape index (κ1) is 22.4. The summed E-state index contributed by atoms with van der Waals surface area (Å²) >= 11 is 6.09. The normalized spacial score (nSPS) is 22.6. The number of fused-ring (bicyclic) bond motifs is 1. The number of imidazole rings is 1. The van der Waals surface area contributed by atoms with Crippen LogP contribution in [-0.4, -0.2) is 66.5 Å². The number of anilines is 1. The fourth-order valence-electron chi connectivity index (χ4n) is 3.35. The van der Waals surface area contributed by atoms with E-state index in [0.29, 0.717) is 35.9 Å². The van der Waals surface area contributed by atoms with E-state index in [1.807, 2.05) is 0 Å². The van der Waals surface area contributed by atoms with Crippen LogP contribution in [-0.2, 0) is 23.6 Å². The molecule has 0 amide bonds. The average molecular weight is 476 g/mol. The van der Waals surface area contributed by atoms with Crippen LogP contribution in [0.3, 0.4) is 0 Å². The standard InChI is InChI=1S/C17H23ClN5O7P/c1-2-28-15(24)16(31(25,26)27)29-7-10-5-6-11(30-10)23-8-19-12-13(20-9-3-4-9)21-17(18)22-14(12)23/h8-11,16H,2-7H2,1H3,(H,20,21,22)(H2,25,26,27)/t10-,11+,16+/m0/s1. The number of halogens is 1. The number of hydrogen-bond acceptors (Lipinski definition) is 9. The fraction of sp³-hybridized carbons (Fsp3) is 0.647. The maximum absolute atomic E-state index is 11.8. The minimum atomic E-state index is -4.84. The Balaban J connectivity index is 1.44. The summed E-state index contributed by atoms with van der Waals surface area (Å²) in [6.45, 7) is 1.34. The first-order valence-electron chi connectivity index (χ1n) is 9.91. The highest BCUT2D eigenvalue weighted by Crippen LogP contribution is 2.43. The maximum Gasteiger partial charge on any atom is 0.365 e. The van der Waals surface area contributed by atoms with E-state index in [4.69, 9.17) is 21.1 Å². The molecule has 2 aromatic rings. The van der Waals surface area contributed by atoms with Gasteiger partial charge in [-0.15, -0.1) is 0 Å². The second-order valence-corrected chi connectivity index (χ2v) is 9.39. The summed E-state index contributed by atoms with van der Waals surface area (Å²) in [5.74, 6) is -2.51. The summed E-state index contributed by atoms with van der Waals surface area (Å²) in [6, 6.07) is 0.366. The van der Waals surface area contributed by atoms with E-state index in [2.05, 4.69) is 25.0 Å². The van der Waals surface area contributed by atoms with Gasteiger partial charge >= 0.3 is 13.6 Å². The van der Waals surface area contributed by atoms with Crippen LogP contribution < -0.4 is 5.32 Å². The van der Waals surface area contributed by atoms with Crippen LogP contribution in [0, 0.1) is 0 Å². The SMILES string of the molecule is CCOC(=O)[C@H](OC[C@@H]1CC[C@H](n2cnc3c(NC4CC4)nc(Cl)nc32)O1)P(=O)(O)O. The summed E-state index contributed by atoms with van der Waals surface area (Å²) in [7, 11) is -4.84. The summed E-state index contributed by atoms with van der Waals surface area (Å²) in [6.07, 6.45) is 3.97. The van der Waals surface area contributed by atoms with E-state index >= 15 is 0 Å². The maximum atomic E-state index is 11.8. The highest BCUT2D eigenvalue weighted by Gasteiger charge is 2.40. The lowest BCUT2D eigenvalue weighted by atomic mass is 10.2. The van der Waals surface area contributed by atoms with Crippen molar-refractivity contribution >= 4 is 42.1 Å². The lowest BCUT2D eigenvalue weighted by molar-refractivity contribution is -0.154. The Bertz CT molecular complexity index is 1010. The van der Waals surface area contributed by atoms with Gasteiger partial charge in [-0.3, -0.25) is 9.13 Å². The number of aromatic nitrogens is 4. The van der Waals surface area contributed by atoms with Crippen molar-refractivity contribution in [3.8, 4) is 0 Å². The summed E-state index contributed by atoms with van der Waals surface area (Å²) < 4.78 is 29.2. The third-order valence-corrected chi connectivity index (χ3v) is 6.08. The molecular formula is C17H23ClN5O7P. The first-order chi connectivity index (χ1) is 14.8. The monoisotopic (exact) mass is 475 g/mol. The van der Waals surface area contributed by atoms with Gasteiger partial charge in [0.15, 0.2) is 17.0 Å². The summed E-state index contributed by atoms with van der Waals surface area (Å²) in [5, 5.41) is 3.38. The van der Waals surface area contributed by atoms with Crippen molar-refractivity contribution < 1.29 is 33.4 Å². The number of ether oxygens (including phenoxy) is 3.